The highest BCUT2D eigenvalue weighted by molar-refractivity contribution is 5.93. The first kappa shape index (κ1) is 23.9. The standard InChI is InChI=1S/C25H28F3N5O/c1-6-15-10-16-23(31-32(5)24(16)14-8-17(26)22(28)18(27)9-14)21(7-2)33(15)25(34)20-11-19(13(3)4)29-12-30-20/h8-9,11-13,15,21H,6-7,10H2,1-5H3. The number of carbonyl (C=O) groups excluding carboxylic acids is 1. The fraction of sp³-hybridized carbons (Fsp3) is 0.440. The van der Waals surface area contributed by atoms with Gasteiger partial charge < -0.3 is 4.90 Å². The van der Waals surface area contributed by atoms with Crippen LogP contribution < -0.4 is 0 Å². The lowest BCUT2D eigenvalue weighted by atomic mass is 9.87. The number of rotatable bonds is 5. The Morgan fingerprint density at radius 2 is 1.76 bits per heavy atom. The van der Waals surface area contributed by atoms with Gasteiger partial charge in [-0.3, -0.25) is 9.48 Å². The number of hydrogen-bond donors (Lipinski definition) is 0. The first-order chi connectivity index (χ1) is 16.2. The van der Waals surface area contributed by atoms with Gasteiger partial charge in [-0.25, -0.2) is 23.1 Å². The lowest BCUT2D eigenvalue weighted by Crippen LogP contribution is -2.47. The number of halogens is 3. The van der Waals surface area contributed by atoms with Crippen molar-refractivity contribution in [3.63, 3.8) is 0 Å². The Kier molecular flexibility index (Phi) is 6.47. The Bertz CT molecular complexity index is 1220. The van der Waals surface area contributed by atoms with Gasteiger partial charge in [0.1, 0.15) is 12.0 Å². The van der Waals surface area contributed by atoms with Crippen molar-refractivity contribution in [1.82, 2.24) is 24.6 Å². The van der Waals surface area contributed by atoms with E-state index in [1.165, 1.54) is 6.33 Å². The molecule has 2 atom stereocenters. The van der Waals surface area contributed by atoms with Crippen molar-refractivity contribution in [2.75, 3.05) is 0 Å². The maximum absolute atomic E-state index is 14.0. The van der Waals surface area contributed by atoms with Crippen molar-refractivity contribution in [3.05, 3.63) is 64.6 Å². The Hall–Kier alpha value is -3.23. The van der Waals surface area contributed by atoms with E-state index in [0.29, 0.717) is 36.3 Å². The molecule has 1 aliphatic heterocycles. The minimum atomic E-state index is -1.50. The number of fused-ring (bicyclic) bond motifs is 1. The van der Waals surface area contributed by atoms with Gasteiger partial charge in [0, 0.05) is 29.9 Å². The molecular weight excluding hydrogens is 443 g/mol. The Balaban J connectivity index is 1.81. The minimum Gasteiger partial charge on any atom is -0.325 e. The molecule has 1 amide bonds. The summed E-state index contributed by atoms with van der Waals surface area (Å²) in [5.41, 5.74) is 3.37. The maximum Gasteiger partial charge on any atom is 0.273 e. The van der Waals surface area contributed by atoms with Crippen LogP contribution in [-0.4, -0.2) is 36.6 Å². The molecule has 0 saturated heterocycles. The molecule has 2 aromatic heterocycles. The molecule has 0 spiro atoms. The van der Waals surface area contributed by atoms with Crippen molar-refractivity contribution in [3.8, 4) is 11.3 Å². The normalized spacial score (nSPS) is 17.9. The highest BCUT2D eigenvalue weighted by Gasteiger charge is 2.40. The summed E-state index contributed by atoms with van der Waals surface area (Å²) in [7, 11) is 1.69. The van der Waals surface area contributed by atoms with Gasteiger partial charge in [-0.05, 0) is 43.4 Å². The number of aryl methyl sites for hydroxylation is 1. The highest BCUT2D eigenvalue weighted by atomic mass is 19.2. The number of amides is 1. The van der Waals surface area contributed by atoms with E-state index in [4.69, 9.17) is 0 Å². The molecule has 1 aromatic carbocycles. The van der Waals surface area contributed by atoms with Gasteiger partial charge >= 0.3 is 0 Å². The topological polar surface area (TPSA) is 63.9 Å². The van der Waals surface area contributed by atoms with Crippen LogP contribution in [0.5, 0.6) is 0 Å². The van der Waals surface area contributed by atoms with Crippen LogP contribution in [0.2, 0.25) is 0 Å². The number of hydrogen-bond acceptors (Lipinski definition) is 4. The summed E-state index contributed by atoms with van der Waals surface area (Å²) in [5.74, 6) is -4.04. The van der Waals surface area contributed by atoms with E-state index in [2.05, 4.69) is 15.1 Å². The predicted molar refractivity (Wildman–Crippen MR) is 122 cm³/mol. The quantitative estimate of drug-likeness (QED) is 0.471. The second kappa shape index (κ2) is 9.19. The van der Waals surface area contributed by atoms with E-state index in [1.807, 2.05) is 32.6 Å². The van der Waals surface area contributed by atoms with Crippen molar-refractivity contribution in [2.24, 2.45) is 7.05 Å². The van der Waals surface area contributed by atoms with E-state index >= 15 is 0 Å². The van der Waals surface area contributed by atoms with Gasteiger partial charge in [0.2, 0.25) is 0 Å². The molecule has 2 unspecified atom stereocenters. The molecule has 180 valence electrons. The molecule has 3 aromatic rings. The summed E-state index contributed by atoms with van der Waals surface area (Å²) in [6, 6.07) is 3.21. The summed E-state index contributed by atoms with van der Waals surface area (Å²) >= 11 is 0. The summed E-state index contributed by atoms with van der Waals surface area (Å²) < 4.78 is 43.2. The van der Waals surface area contributed by atoms with Gasteiger partial charge in [-0.1, -0.05) is 27.7 Å². The lowest BCUT2D eigenvalue weighted by Gasteiger charge is -2.41. The zero-order valence-corrected chi connectivity index (χ0v) is 19.9. The van der Waals surface area contributed by atoms with Gasteiger partial charge in [0.25, 0.3) is 5.91 Å². The second-order valence-corrected chi connectivity index (χ2v) is 8.98. The molecule has 0 N–H and O–H groups in total. The zero-order chi connectivity index (χ0) is 24.7. The van der Waals surface area contributed by atoms with Crippen molar-refractivity contribution < 1.29 is 18.0 Å². The van der Waals surface area contributed by atoms with Crippen molar-refractivity contribution >= 4 is 5.91 Å². The molecular formula is C25H28F3N5O. The minimum absolute atomic E-state index is 0.154. The molecule has 34 heavy (non-hydrogen) atoms. The molecule has 0 saturated carbocycles. The van der Waals surface area contributed by atoms with Crippen LogP contribution in [0, 0.1) is 17.5 Å². The molecule has 0 aliphatic carbocycles. The number of carbonyl (C=O) groups is 1. The molecule has 3 heterocycles. The Morgan fingerprint density at radius 3 is 2.35 bits per heavy atom. The second-order valence-electron chi connectivity index (χ2n) is 8.98. The van der Waals surface area contributed by atoms with Gasteiger partial charge in [0.15, 0.2) is 17.5 Å². The van der Waals surface area contributed by atoms with Crippen LogP contribution in [-0.2, 0) is 13.5 Å². The van der Waals surface area contributed by atoms with Crippen LogP contribution in [0.15, 0.2) is 24.5 Å². The number of benzene rings is 1. The van der Waals surface area contributed by atoms with Crippen molar-refractivity contribution in [2.45, 2.75) is 65.0 Å². The molecule has 0 radical (unpaired) electrons. The van der Waals surface area contributed by atoms with E-state index in [9.17, 15) is 18.0 Å². The summed E-state index contributed by atoms with van der Waals surface area (Å²) in [4.78, 5) is 24.0. The van der Waals surface area contributed by atoms with Crippen molar-refractivity contribution in [1.29, 1.82) is 0 Å². The molecule has 1 aliphatic rings. The van der Waals surface area contributed by atoms with Gasteiger partial charge in [-0.15, -0.1) is 0 Å². The molecule has 4 rings (SSSR count). The fourth-order valence-corrected chi connectivity index (χ4v) is 4.81. The average molecular weight is 472 g/mol. The van der Waals surface area contributed by atoms with Crippen LogP contribution in [0.3, 0.4) is 0 Å². The smallest absolute Gasteiger partial charge is 0.273 e. The van der Waals surface area contributed by atoms with Crippen LogP contribution in [0.4, 0.5) is 13.2 Å². The molecule has 0 fully saturated rings. The number of nitrogens with zero attached hydrogens (tertiary/aromatic N) is 5. The average Bonchev–Trinajstić information content (AvgIpc) is 3.15. The van der Waals surface area contributed by atoms with Crippen LogP contribution >= 0.6 is 0 Å². The maximum atomic E-state index is 14.0. The number of aromatic nitrogens is 4. The third kappa shape index (κ3) is 3.97. The first-order valence-electron chi connectivity index (χ1n) is 11.5. The Morgan fingerprint density at radius 1 is 1.09 bits per heavy atom. The Labute approximate surface area is 196 Å². The summed E-state index contributed by atoms with van der Waals surface area (Å²) in [6.45, 7) is 7.97. The van der Waals surface area contributed by atoms with Gasteiger partial charge in [-0.2, -0.15) is 5.10 Å². The van der Waals surface area contributed by atoms with E-state index in [-0.39, 0.29) is 29.5 Å². The van der Waals surface area contributed by atoms with Crippen LogP contribution in [0.25, 0.3) is 11.3 Å². The SMILES string of the molecule is CCC1Cc2c(nn(C)c2-c2cc(F)c(F)c(F)c2)C(CC)N1C(=O)c1cc(C(C)C)ncn1. The van der Waals surface area contributed by atoms with E-state index < -0.39 is 17.5 Å². The molecule has 6 nitrogen and oxygen atoms in total. The summed E-state index contributed by atoms with van der Waals surface area (Å²) in [6.07, 6.45) is 3.14. The largest absolute Gasteiger partial charge is 0.325 e. The summed E-state index contributed by atoms with van der Waals surface area (Å²) in [5, 5.41) is 4.65. The highest BCUT2D eigenvalue weighted by Crippen LogP contribution is 2.41. The fourth-order valence-electron chi connectivity index (χ4n) is 4.81. The lowest BCUT2D eigenvalue weighted by molar-refractivity contribution is 0.0506. The zero-order valence-electron chi connectivity index (χ0n) is 19.9. The third-order valence-electron chi connectivity index (χ3n) is 6.51. The molecule has 9 heteroatoms. The predicted octanol–water partition coefficient (Wildman–Crippen LogP) is 5.35. The molecule has 0 bridgehead atoms. The first-order valence-corrected chi connectivity index (χ1v) is 11.5. The van der Waals surface area contributed by atoms with E-state index in [0.717, 1.165) is 23.4 Å². The van der Waals surface area contributed by atoms with Crippen LogP contribution in [0.1, 0.15) is 79.9 Å². The van der Waals surface area contributed by atoms with Gasteiger partial charge in [0.05, 0.1) is 17.4 Å². The van der Waals surface area contributed by atoms with E-state index in [1.54, 1.807) is 17.8 Å². The third-order valence-corrected chi connectivity index (χ3v) is 6.51. The monoisotopic (exact) mass is 471 g/mol.